The van der Waals surface area contributed by atoms with Crippen LogP contribution in [0.5, 0.6) is 0 Å². The molecule has 1 heterocycles. The standard InChI is InChI=1S/C17H26N2/c1-13(2)19-10-8-15(9-11-19)18-17-12-16(17)14-6-4-3-5-7-14/h3-7,13,15-18H,8-12H2,1-2H3. The van der Waals surface area contributed by atoms with Gasteiger partial charge < -0.3 is 10.2 Å². The Labute approximate surface area is 117 Å². The molecule has 1 saturated carbocycles. The van der Waals surface area contributed by atoms with E-state index in [1.165, 1.54) is 37.9 Å². The zero-order chi connectivity index (χ0) is 13.2. The first-order valence-corrected chi connectivity index (χ1v) is 7.79. The van der Waals surface area contributed by atoms with E-state index in [0.717, 1.165) is 18.0 Å². The molecule has 1 aromatic carbocycles. The molecule has 1 saturated heterocycles. The van der Waals surface area contributed by atoms with Gasteiger partial charge in [0, 0.05) is 24.0 Å². The van der Waals surface area contributed by atoms with Crippen LogP contribution >= 0.6 is 0 Å². The fraction of sp³-hybridized carbons (Fsp3) is 0.647. The molecule has 2 fully saturated rings. The minimum atomic E-state index is 0.707. The molecule has 0 amide bonds. The Morgan fingerprint density at radius 3 is 2.42 bits per heavy atom. The Hall–Kier alpha value is -0.860. The molecule has 19 heavy (non-hydrogen) atoms. The Balaban J connectivity index is 1.45. The van der Waals surface area contributed by atoms with Crippen LogP contribution in [0.4, 0.5) is 0 Å². The van der Waals surface area contributed by atoms with Gasteiger partial charge in [-0.05, 0) is 51.8 Å². The third-order valence-corrected chi connectivity index (χ3v) is 4.73. The van der Waals surface area contributed by atoms with Crippen LogP contribution in [-0.4, -0.2) is 36.1 Å². The van der Waals surface area contributed by atoms with Gasteiger partial charge >= 0.3 is 0 Å². The summed E-state index contributed by atoms with van der Waals surface area (Å²) in [6.45, 7) is 7.14. The third-order valence-electron chi connectivity index (χ3n) is 4.73. The number of hydrogen-bond donors (Lipinski definition) is 1. The average molecular weight is 258 g/mol. The molecule has 2 heteroatoms. The van der Waals surface area contributed by atoms with Gasteiger partial charge in [-0.1, -0.05) is 30.3 Å². The van der Waals surface area contributed by atoms with Gasteiger partial charge in [-0.25, -0.2) is 0 Å². The molecule has 2 unspecified atom stereocenters. The highest BCUT2D eigenvalue weighted by Crippen LogP contribution is 2.41. The molecule has 3 rings (SSSR count). The lowest BCUT2D eigenvalue weighted by Gasteiger charge is -2.35. The summed E-state index contributed by atoms with van der Waals surface area (Å²) in [7, 11) is 0. The topological polar surface area (TPSA) is 15.3 Å². The van der Waals surface area contributed by atoms with E-state index in [4.69, 9.17) is 0 Å². The van der Waals surface area contributed by atoms with Crippen molar-refractivity contribution in [3.8, 4) is 0 Å². The van der Waals surface area contributed by atoms with Gasteiger partial charge in [-0.2, -0.15) is 0 Å². The van der Waals surface area contributed by atoms with E-state index in [-0.39, 0.29) is 0 Å². The Bertz CT molecular complexity index is 393. The quantitative estimate of drug-likeness (QED) is 0.893. The van der Waals surface area contributed by atoms with Crippen molar-refractivity contribution >= 4 is 0 Å². The molecular weight excluding hydrogens is 232 g/mol. The predicted molar refractivity (Wildman–Crippen MR) is 80.5 cm³/mol. The largest absolute Gasteiger partial charge is 0.311 e. The summed E-state index contributed by atoms with van der Waals surface area (Å²) >= 11 is 0. The second kappa shape index (κ2) is 5.64. The summed E-state index contributed by atoms with van der Waals surface area (Å²) in [5.74, 6) is 0.768. The molecule has 1 aliphatic carbocycles. The van der Waals surface area contributed by atoms with Crippen LogP contribution in [0.2, 0.25) is 0 Å². The van der Waals surface area contributed by atoms with Gasteiger partial charge in [0.05, 0.1) is 0 Å². The van der Waals surface area contributed by atoms with Gasteiger partial charge in [-0.15, -0.1) is 0 Å². The highest BCUT2D eigenvalue weighted by atomic mass is 15.2. The molecular formula is C17H26N2. The smallest absolute Gasteiger partial charge is 0.0145 e. The molecule has 0 radical (unpaired) electrons. The van der Waals surface area contributed by atoms with Crippen LogP contribution in [0.25, 0.3) is 0 Å². The van der Waals surface area contributed by atoms with E-state index in [9.17, 15) is 0 Å². The number of hydrogen-bond acceptors (Lipinski definition) is 2. The SMILES string of the molecule is CC(C)N1CCC(NC2CC2c2ccccc2)CC1. The second-order valence-corrected chi connectivity index (χ2v) is 6.43. The van der Waals surface area contributed by atoms with E-state index >= 15 is 0 Å². The zero-order valence-corrected chi connectivity index (χ0v) is 12.2. The number of likely N-dealkylation sites (tertiary alicyclic amines) is 1. The van der Waals surface area contributed by atoms with E-state index in [1.54, 1.807) is 0 Å². The van der Waals surface area contributed by atoms with Crippen molar-refractivity contribution in [3.63, 3.8) is 0 Å². The summed E-state index contributed by atoms with van der Waals surface area (Å²) < 4.78 is 0. The fourth-order valence-corrected chi connectivity index (χ4v) is 3.33. The second-order valence-electron chi connectivity index (χ2n) is 6.43. The van der Waals surface area contributed by atoms with Gasteiger partial charge in [0.15, 0.2) is 0 Å². The zero-order valence-electron chi connectivity index (χ0n) is 12.2. The van der Waals surface area contributed by atoms with Crippen LogP contribution in [0.15, 0.2) is 30.3 Å². The predicted octanol–water partition coefficient (Wildman–Crippen LogP) is 3.00. The first-order chi connectivity index (χ1) is 9.24. The normalized spacial score (nSPS) is 28.8. The molecule has 1 aliphatic heterocycles. The Morgan fingerprint density at radius 1 is 1.11 bits per heavy atom. The van der Waals surface area contributed by atoms with Gasteiger partial charge in [0.2, 0.25) is 0 Å². The molecule has 104 valence electrons. The highest BCUT2D eigenvalue weighted by Gasteiger charge is 2.39. The van der Waals surface area contributed by atoms with E-state index in [0.29, 0.717) is 6.04 Å². The average Bonchev–Trinajstić information content (AvgIpc) is 3.20. The lowest BCUT2D eigenvalue weighted by atomic mass is 10.0. The summed E-state index contributed by atoms with van der Waals surface area (Å²) in [6.07, 6.45) is 3.96. The Morgan fingerprint density at radius 2 is 1.79 bits per heavy atom. The maximum Gasteiger partial charge on any atom is 0.0145 e. The number of rotatable bonds is 4. The molecule has 2 aliphatic rings. The first kappa shape index (κ1) is 13.1. The monoisotopic (exact) mass is 258 g/mol. The van der Waals surface area contributed by atoms with Gasteiger partial charge in [0.25, 0.3) is 0 Å². The lowest BCUT2D eigenvalue weighted by molar-refractivity contribution is 0.160. The van der Waals surface area contributed by atoms with Crippen LogP contribution in [0, 0.1) is 0 Å². The maximum atomic E-state index is 3.87. The van der Waals surface area contributed by atoms with Crippen molar-refractivity contribution in [2.24, 2.45) is 0 Å². The van der Waals surface area contributed by atoms with E-state index < -0.39 is 0 Å². The van der Waals surface area contributed by atoms with Crippen LogP contribution in [0.1, 0.15) is 44.6 Å². The third kappa shape index (κ3) is 3.18. The number of nitrogens with one attached hydrogen (secondary N) is 1. The number of nitrogens with zero attached hydrogens (tertiary/aromatic N) is 1. The Kier molecular flexibility index (Phi) is 3.90. The first-order valence-electron chi connectivity index (χ1n) is 7.79. The maximum absolute atomic E-state index is 3.87. The summed E-state index contributed by atoms with van der Waals surface area (Å²) in [4.78, 5) is 2.60. The van der Waals surface area contributed by atoms with E-state index in [1.807, 2.05) is 0 Å². The van der Waals surface area contributed by atoms with Crippen molar-refractivity contribution < 1.29 is 0 Å². The minimum Gasteiger partial charge on any atom is -0.311 e. The minimum absolute atomic E-state index is 0.707. The highest BCUT2D eigenvalue weighted by molar-refractivity contribution is 5.27. The van der Waals surface area contributed by atoms with Crippen molar-refractivity contribution in [2.45, 2.75) is 57.2 Å². The summed E-state index contributed by atoms with van der Waals surface area (Å²) in [6, 6.07) is 13.2. The molecule has 0 bridgehead atoms. The molecule has 2 atom stereocenters. The summed E-state index contributed by atoms with van der Waals surface area (Å²) in [5, 5.41) is 3.87. The number of benzene rings is 1. The molecule has 0 spiro atoms. The lowest BCUT2D eigenvalue weighted by Crippen LogP contribution is -2.45. The van der Waals surface area contributed by atoms with Crippen LogP contribution in [-0.2, 0) is 0 Å². The van der Waals surface area contributed by atoms with Crippen molar-refractivity contribution in [1.29, 1.82) is 0 Å². The number of piperidine rings is 1. The molecule has 1 N–H and O–H groups in total. The van der Waals surface area contributed by atoms with Gasteiger partial charge in [-0.3, -0.25) is 0 Å². The van der Waals surface area contributed by atoms with E-state index in [2.05, 4.69) is 54.4 Å². The molecule has 2 nitrogen and oxygen atoms in total. The van der Waals surface area contributed by atoms with Crippen molar-refractivity contribution in [3.05, 3.63) is 35.9 Å². The van der Waals surface area contributed by atoms with Crippen molar-refractivity contribution in [2.75, 3.05) is 13.1 Å². The fourth-order valence-electron chi connectivity index (χ4n) is 3.33. The van der Waals surface area contributed by atoms with Crippen LogP contribution in [0.3, 0.4) is 0 Å². The van der Waals surface area contributed by atoms with Crippen LogP contribution < -0.4 is 5.32 Å². The van der Waals surface area contributed by atoms with Gasteiger partial charge in [0.1, 0.15) is 0 Å². The van der Waals surface area contributed by atoms with Crippen molar-refractivity contribution in [1.82, 2.24) is 10.2 Å². The molecule has 0 aromatic heterocycles. The summed E-state index contributed by atoms with van der Waals surface area (Å²) in [5.41, 5.74) is 1.51. The molecule has 1 aromatic rings.